The van der Waals surface area contributed by atoms with Crippen molar-refractivity contribution in [3.05, 3.63) is 63.6 Å². The van der Waals surface area contributed by atoms with Crippen molar-refractivity contribution in [3.63, 3.8) is 0 Å². The second-order valence-electron chi connectivity index (χ2n) is 7.89. The first kappa shape index (κ1) is 23.4. The number of rotatable bonds is 7. The van der Waals surface area contributed by atoms with Crippen molar-refractivity contribution in [1.82, 2.24) is 0 Å². The van der Waals surface area contributed by atoms with Crippen LogP contribution in [0.15, 0.2) is 42.5 Å². The molecular formula is C22H20Cl2F3NO3. The summed E-state index contributed by atoms with van der Waals surface area (Å²) in [4.78, 5) is 24.2. The van der Waals surface area contributed by atoms with Gasteiger partial charge in [-0.2, -0.15) is 13.2 Å². The molecule has 3 rings (SSSR count). The lowest BCUT2D eigenvalue weighted by Gasteiger charge is -2.26. The first-order chi connectivity index (χ1) is 14.4. The number of anilines is 1. The molecule has 2 N–H and O–H groups in total. The zero-order chi connectivity index (χ0) is 23.0. The van der Waals surface area contributed by atoms with E-state index in [4.69, 9.17) is 28.3 Å². The molecule has 2 atom stereocenters. The lowest BCUT2D eigenvalue weighted by Crippen LogP contribution is -2.34. The number of alkyl halides is 3. The summed E-state index contributed by atoms with van der Waals surface area (Å²) in [6, 6.07) is 10.4. The van der Waals surface area contributed by atoms with Crippen molar-refractivity contribution in [2.24, 2.45) is 5.92 Å². The monoisotopic (exact) mass is 473 g/mol. The standard InChI is InChI=1S/C22H20Cl2F3NO3/c1-12(22(25,26)27)19(13-2-5-15(23)6-3-13)20(31)28-17-10-14(4-7-16(17)24)21(8-9-21)11-18(29)30/h2-7,10,12,19H,8-9,11H2,1H3,(H,28,31)(H,29,30)/t12-,19+/m1/s1. The van der Waals surface area contributed by atoms with E-state index in [1.54, 1.807) is 12.1 Å². The molecule has 166 valence electrons. The van der Waals surface area contributed by atoms with Gasteiger partial charge in [0.25, 0.3) is 0 Å². The number of carboxylic acid groups (broad SMARTS) is 1. The highest BCUT2D eigenvalue weighted by molar-refractivity contribution is 6.33. The van der Waals surface area contributed by atoms with Crippen molar-refractivity contribution in [2.75, 3.05) is 5.32 Å². The topological polar surface area (TPSA) is 66.4 Å². The van der Waals surface area contributed by atoms with E-state index >= 15 is 0 Å². The van der Waals surface area contributed by atoms with Gasteiger partial charge in [0.2, 0.25) is 5.91 Å². The van der Waals surface area contributed by atoms with Crippen LogP contribution in [0, 0.1) is 5.92 Å². The molecule has 31 heavy (non-hydrogen) atoms. The fraction of sp³-hybridized carbons (Fsp3) is 0.364. The molecule has 2 aromatic carbocycles. The third kappa shape index (κ3) is 5.33. The van der Waals surface area contributed by atoms with Gasteiger partial charge in [-0.1, -0.05) is 48.3 Å². The molecule has 0 unspecified atom stereocenters. The maximum Gasteiger partial charge on any atom is 0.392 e. The maximum atomic E-state index is 13.5. The smallest absolute Gasteiger partial charge is 0.392 e. The van der Waals surface area contributed by atoms with E-state index in [2.05, 4.69) is 5.32 Å². The van der Waals surface area contributed by atoms with Crippen molar-refractivity contribution in [3.8, 4) is 0 Å². The number of nitrogens with one attached hydrogen (secondary N) is 1. The van der Waals surface area contributed by atoms with Crippen LogP contribution < -0.4 is 5.32 Å². The molecule has 0 saturated heterocycles. The van der Waals surface area contributed by atoms with Crippen LogP contribution in [0.4, 0.5) is 18.9 Å². The summed E-state index contributed by atoms with van der Waals surface area (Å²) in [6.07, 6.45) is -3.33. The van der Waals surface area contributed by atoms with E-state index in [0.717, 1.165) is 6.92 Å². The van der Waals surface area contributed by atoms with Crippen LogP contribution in [0.25, 0.3) is 0 Å². The van der Waals surface area contributed by atoms with E-state index in [1.165, 1.54) is 30.3 Å². The number of benzene rings is 2. The highest BCUT2D eigenvalue weighted by atomic mass is 35.5. The van der Waals surface area contributed by atoms with Gasteiger partial charge in [-0.05, 0) is 48.2 Å². The predicted molar refractivity (Wildman–Crippen MR) is 113 cm³/mol. The Morgan fingerprint density at radius 1 is 1.13 bits per heavy atom. The molecule has 9 heteroatoms. The Morgan fingerprint density at radius 3 is 2.26 bits per heavy atom. The zero-order valence-corrected chi connectivity index (χ0v) is 18.0. The molecule has 0 spiro atoms. The number of aliphatic carboxylic acids is 1. The Kier molecular flexibility index (Phi) is 6.58. The summed E-state index contributed by atoms with van der Waals surface area (Å²) in [5.41, 5.74) is 0.462. The zero-order valence-electron chi connectivity index (χ0n) is 16.5. The fourth-order valence-electron chi connectivity index (χ4n) is 3.70. The first-order valence-corrected chi connectivity index (χ1v) is 10.3. The number of hydrogen-bond donors (Lipinski definition) is 2. The largest absolute Gasteiger partial charge is 0.481 e. The van der Waals surface area contributed by atoms with Crippen molar-refractivity contribution >= 4 is 40.8 Å². The van der Waals surface area contributed by atoms with E-state index in [-0.39, 0.29) is 22.7 Å². The molecule has 1 fully saturated rings. The summed E-state index contributed by atoms with van der Waals surface area (Å²) >= 11 is 12.0. The molecule has 0 aromatic heterocycles. The van der Waals surface area contributed by atoms with E-state index in [1.807, 2.05) is 0 Å². The summed E-state index contributed by atoms with van der Waals surface area (Å²) < 4.78 is 40.5. The van der Waals surface area contributed by atoms with Gasteiger partial charge < -0.3 is 10.4 Å². The second kappa shape index (κ2) is 8.71. The number of halogens is 5. The third-order valence-corrected chi connectivity index (χ3v) is 6.29. The van der Waals surface area contributed by atoms with Gasteiger partial charge in [0, 0.05) is 10.4 Å². The number of carbonyl (C=O) groups is 2. The van der Waals surface area contributed by atoms with E-state index in [9.17, 15) is 22.8 Å². The molecule has 1 saturated carbocycles. The summed E-state index contributed by atoms with van der Waals surface area (Å²) in [7, 11) is 0. The van der Waals surface area contributed by atoms with Crippen LogP contribution in [0.3, 0.4) is 0 Å². The van der Waals surface area contributed by atoms with Gasteiger partial charge in [-0.15, -0.1) is 0 Å². The summed E-state index contributed by atoms with van der Waals surface area (Å²) in [5.74, 6) is -5.29. The van der Waals surface area contributed by atoms with Gasteiger partial charge in [-0.25, -0.2) is 0 Å². The quantitative estimate of drug-likeness (QED) is 0.487. The Bertz CT molecular complexity index is 988. The Hall–Kier alpha value is -2.25. The van der Waals surface area contributed by atoms with Gasteiger partial charge in [-0.3, -0.25) is 9.59 Å². The molecule has 0 heterocycles. The minimum absolute atomic E-state index is 0.0689. The Morgan fingerprint density at radius 2 is 1.74 bits per heavy atom. The average molecular weight is 474 g/mol. The Balaban J connectivity index is 1.92. The average Bonchev–Trinajstić information content (AvgIpc) is 3.44. The third-order valence-electron chi connectivity index (χ3n) is 5.71. The van der Waals surface area contributed by atoms with Crippen LogP contribution in [0.2, 0.25) is 10.0 Å². The molecule has 0 radical (unpaired) electrons. The highest BCUT2D eigenvalue weighted by Gasteiger charge is 2.47. The predicted octanol–water partition coefficient (Wildman–Crippen LogP) is 6.42. The normalized spacial score (nSPS) is 17.0. The first-order valence-electron chi connectivity index (χ1n) is 9.58. The molecular weight excluding hydrogens is 454 g/mol. The number of amides is 1. The molecule has 1 aliphatic rings. The van der Waals surface area contributed by atoms with Crippen molar-refractivity contribution in [2.45, 2.75) is 43.7 Å². The molecule has 0 bridgehead atoms. The van der Waals surface area contributed by atoms with Crippen LogP contribution >= 0.6 is 23.2 Å². The van der Waals surface area contributed by atoms with Crippen LogP contribution in [-0.4, -0.2) is 23.2 Å². The highest BCUT2D eigenvalue weighted by Crippen LogP contribution is 2.52. The molecule has 4 nitrogen and oxygen atoms in total. The molecule has 1 aliphatic carbocycles. The fourth-order valence-corrected chi connectivity index (χ4v) is 3.99. The van der Waals surface area contributed by atoms with E-state index in [0.29, 0.717) is 23.4 Å². The van der Waals surface area contributed by atoms with Gasteiger partial charge in [0.15, 0.2) is 0 Å². The minimum atomic E-state index is -4.60. The van der Waals surface area contributed by atoms with Crippen LogP contribution in [0.5, 0.6) is 0 Å². The van der Waals surface area contributed by atoms with Crippen LogP contribution in [-0.2, 0) is 15.0 Å². The number of carbonyl (C=O) groups excluding carboxylic acids is 1. The lowest BCUT2D eigenvalue weighted by atomic mass is 9.85. The number of hydrogen-bond acceptors (Lipinski definition) is 2. The Labute approximate surface area is 187 Å². The summed E-state index contributed by atoms with van der Waals surface area (Å²) in [6.45, 7) is 0.947. The van der Waals surface area contributed by atoms with Crippen LogP contribution in [0.1, 0.15) is 43.2 Å². The lowest BCUT2D eigenvalue weighted by molar-refractivity contribution is -0.178. The van der Waals surface area contributed by atoms with Gasteiger partial charge >= 0.3 is 12.1 Å². The SMILES string of the molecule is C[C@H]([C@H](C(=O)Nc1cc(C2(CC(=O)O)CC2)ccc1Cl)c1ccc(Cl)cc1)C(F)(F)F. The van der Waals surface area contributed by atoms with Crippen molar-refractivity contribution < 1.29 is 27.9 Å². The molecule has 2 aromatic rings. The molecule has 0 aliphatic heterocycles. The summed E-state index contributed by atoms with van der Waals surface area (Å²) in [5, 5.41) is 12.2. The van der Waals surface area contributed by atoms with Gasteiger partial charge in [0.1, 0.15) is 0 Å². The maximum absolute atomic E-state index is 13.5. The van der Waals surface area contributed by atoms with Crippen molar-refractivity contribution in [1.29, 1.82) is 0 Å². The van der Waals surface area contributed by atoms with E-state index < -0.39 is 35.3 Å². The minimum Gasteiger partial charge on any atom is -0.481 e. The molecule has 1 amide bonds. The second-order valence-corrected chi connectivity index (χ2v) is 8.74. The number of carboxylic acids is 1. The van der Waals surface area contributed by atoms with Gasteiger partial charge in [0.05, 0.1) is 29.0 Å².